The summed E-state index contributed by atoms with van der Waals surface area (Å²) in [6.07, 6.45) is 6.82. The van der Waals surface area contributed by atoms with Gasteiger partial charge in [-0.15, -0.1) is 0 Å². The number of benzene rings is 1. The number of nitrogens with one attached hydrogen (secondary N) is 1. The van der Waals surface area contributed by atoms with Crippen molar-refractivity contribution in [2.75, 3.05) is 13.1 Å². The van der Waals surface area contributed by atoms with Gasteiger partial charge in [-0.3, -0.25) is 0 Å². The highest BCUT2D eigenvalue weighted by Gasteiger charge is 2.03. The third kappa shape index (κ3) is 5.23. The van der Waals surface area contributed by atoms with Gasteiger partial charge in [-0.05, 0) is 44.2 Å². The van der Waals surface area contributed by atoms with Gasteiger partial charge in [-0.2, -0.15) is 0 Å². The fourth-order valence-electron chi connectivity index (χ4n) is 1.90. The van der Waals surface area contributed by atoms with Crippen LogP contribution in [0.1, 0.15) is 13.3 Å². The van der Waals surface area contributed by atoms with Gasteiger partial charge in [-0.1, -0.05) is 11.6 Å². The van der Waals surface area contributed by atoms with Crippen molar-refractivity contribution in [2.45, 2.75) is 26.0 Å². The smallest absolute Gasteiger partial charge is 0.119 e. The van der Waals surface area contributed by atoms with Crippen LogP contribution < -0.4 is 10.1 Å². The molecule has 0 radical (unpaired) electrons. The van der Waals surface area contributed by atoms with E-state index in [1.807, 2.05) is 36.8 Å². The van der Waals surface area contributed by atoms with Crippen LogP contribution in [0.25, 0.3) is 0 Å². The predicted octanol–water partition coefficient (Wildman–Crippen LogP) is 2.98. The van der Waals surface area contributed by atoms with Crippen molar-refractivity contribution in [3.05, 3.63) is 48.0 Å². The van der Waals surface area contributed by atoms with Crippen LogP contribution in [0.2, 0.25) is 5.02 Å². The lowest BCUT2D eigenvalue weighted by Gasteiger charge is -2.15. The molecule has 20 heavy (non-hydrogen) atoms. The molecule has 2 aromatic rings. The molecule has 0 aliphatic rings. The Morgan fingerprint density at radius 1 is 1.35 bits per heavy atom. The van der Waals surface area contributed by atoms with E-state index < -0.39 is 0 Å². The van der Waals surface area contributed by atoms with E-state index in [1.54, 1.807) is 6.20 Å². The van der Waals surface area contributed by atoms with E-state index in [9.17, 15) is 0 Å². The van der Waals surface area contributed by atoms with Crippen molar-refractivity contribution in [3.8, 4) is 5.75 Å². The van der Waals surface area contributed by atoms with E-state index in [0.29, 0.717) is 0 Å². The van der Waals surface area contributed by atoms with E-state index in [4.69, 9.17) is 16.3 Å². The van der Waals surface area contributed by atoms with Crippen molar-refractivity contribution in [2.24, 2.45) is 0 Å². The molecular weight excluding hydrogens is 274 g/mol. The maximum atomic E-state index is 5.83. The second kappa shape index (κ2) is 7.92. The molecule has 0 bridgehead atoms. The van der Waals surface area contributed by atoms with Crippen molar-refractivity contribution in [1.29, 1.82) is 0 Å². The quantitative estimate of drug-likeness (QED) is 0.761. The van der Waals surface area contributed by atoms with Gasteiger partial charge >= 0.3 is 0 Å². The summed E-state index contributed by atoms with van der Waals surface area (Å²) in [5.41, 5.74) is 0. The topological polar surface area (TPSA) is 39.1 Å². The molecule has 5 heteroatoms. The Balaban J connectivity index is 1.58. The fraction of sp³-hybridized carbons (Fsp3) is 0.400. The number of halogens is 1. The minimum atomic E-state index is 0.129. The highest BCUT2D eigenvalue weighted by molar-refractivity contribution is 6.30. The number of aromatic nitrogens is 2. The van der Waals surface area contributed by atoms with Gasteiger partial charge in [0.2, 0.25) is 0 Å². The Bertz CT molecular complexity index is 484. The molecule has 0 amide bonds. The molecular formula is C15H20ClN3O. The summed E-state index contributed by atoms with van der Waals surface area (Å²) < 4.78 is 7.86. The molecule has 1 heterocycles. The summed E-state index contributed by atoms with van der Waals surface area (Å²) in [6, 6.07) is 7.44. The van der Waals surface area contributed by atoms with Gasteiger partial charge in [0.25, 0.3) is 0 Å². The number of ether oxygens (including phenoxy) is 1. The van der Waals surface area contributed by atoms with Gasteiger partial charge in [0.15, 0.2) is 0 Å². The molecule has 1 atom stereocenters. The van der Waals surface area contributed by atoms with Gasteiger partial charge in [0.1, 0.15) is 11.9 Å². The predicted molar refractivity (Wildman–Crippen MR) is 81.3 cm³/mol. The van der Waals surface area contributed by atoms with Crippen molar-refractivity contribution < 1.29 is 4.74 Å². The van der Waals surface area contributed by atoms with Crippen LogP contribution in [0.15, 0.2) is 43.0 Å². The maximum absolute atomic E-state index is 5.83. The fourth-order valence-corrected chi connectivity index (χ4v) is 2.02. The highest BCUT2D eigenvalue weighted by Crippen LogP contribution is 2.16. The summed E-state index contributed by atoms with van der Waals surface area (Å²) in [5.74, 6) is 0.849. The van der Waals surface area contributed by atoms with Crippen LogP contribution in [-0.4, -0.2) is 28.7 Å². The summed E-state index contributed by atoms with van der Waals surface area (Å²) in [6.45, 7) is 4.83. The molecule has 1 aromatic carbocycles. The molecule has 0 spiro atoms. The number of hydrogen-bond acceptors (Lipinski definition) is 3. The normalized spacial score (nSPS) is 12.3. The van der Waals surface area contributed by atoms with E-state index >= 15 is 0 Å². The minimum Gasteiger partial charge on any atom is -0.489 e. The molecule has 0 fully saturated rings. The SMILES string of the molecule is CC(CNCCCn1ccnc1)Oc1ccc(Cl)cc1. The van der Waals surface area contributed by atoms with Gasteiger partial charge < -0.3 is 14.6 Å². The van der Waals surface area contributed by atoms with Gasteiger partial charge in [0.05, 0.1) is 6.33 Å². The zero-order valence-corrected chi connectivity index (χ0v) is 12.4. The van der Waals surface area contributed by atoms with E-state index in [0.717, 1.165) is 36.8 Å². The second-order valence-electron chi connectivity index (χ2n) is 4.74. The van der Waals surface area contributed by atoms with Crippen LogP contribution in [-0.2, 0) is 6.54 Å². The minimum absolute atomic E-state index is 0.129. The maximum Gasteiger partial charge on any atom is 0.119 e. The van der Waals surface area contributed by atoms with Crippen molar-refractivity contribution in [3.63, 3.8) is 0 Å². The van der Waals surface area contributed by atoms with Crippen molar-refractivity contribution >= 4 is 11.6 Å². The molecule has 0 saturated heterocycles. The van der Waals surface area contributed by atoms with Crippen LogP contribution >= 0.6 is 11.6 Å². The van der Waals surface area contributed by atoms with E-state index in [1.165, 1.54) is 0 Å². The number of imidazole rings is 1. The zero-order valence-electron chi connectivity index (χ0n) is 11.6. The first-order valence-electron chi connectivity index (χ1n) is 6.83. The molecule has 108 valence electrons. The number of hydrogen-bond donors (Lipinski definition) is 1. The lowest BCUT2D eigenvalue weighted by Crippen LogP contribution is -2.30. The van der Waals surface area contributed by atoms with Gasteiger partial charge in [0, 0.05) is 30.5 Å². The lowest BCUT2D eigenvalue weighted by atomic mass is 10.3. The summed E-state index contributed by atoms with van der Waals surface area (Å²) in [7, 11) is 0. The van der Waals surface area contributed by atoms with Crippen LogP contribution in [0.4, 0.5) is 0 Å². The summed E-state index contributed by atoms with van der Waals surface area (Å²) >= 11 is 5.83. The summed E-state index contributed by atoms with van der Waals surface area (Å²) in [4.78, 5) is 4.02. The lowest BCUT2D eigenvalue weighted by molar-refractivity contribution is 0.217. The van der Waals surface area contributed by atoms with Crippen LogP contribution in [0, 0.1) is 0 Å². The average molecular weight is 294 g/mol. The zero-order chi connectivity index (χ0) is 14.2. The third-order valence-electron chi connectivity index (χ3n) is 2.91. The Labute approximate surface area is 124 Å². The first kappa shape index (κ1) is 14.9. The third-order valence-corrected chi connectivity index (χ3v) is 3.16. The van der Waals surface area contributed by atoms with Crippen molar-refractivity contribution in [1.82, 2.24) is 14.9 Å². The average Bonchev–Trinajstić information content (AvgIpc) is 2.94. The Morgan fingerprint density at radius 2 is 2.15 bits per heavy atom. The molecule has 1 N–H and O–H groups in total. The summed E-state index contributed by atoms with van der Waals surface area (Å²) in [5, 5.41) is 4.12. The van der Waals surface area contributed by atoms with Crippen LogP contribution in [0.5, 0.6) is 5.75 Å². The molecule has 1 aromatic heterocycles. The molecule has 0 aliphatic carbocycles. The van der Waals surface area contributed by atoms with Crippen LogP contribution in [0.3, 0.4) is 0 Å². The molecule has 1 unspecified atom stereocenters. The number of nitrogens with zero attached hydrogens (tertiary/aromatic N) is 2. The Hall–Kier alpha value is -1.52. The van der Waals surface area contributed by atoms with E-state index in [-0.39, 0.29) is 6.10 Å². The monoisotopic (exact) mass is 293 g/mol. The van der Waals surface area contributed by atoms with E-state index in [2.05, 4.69) is 21.8 Å². The Morgan fingerprint density at radius 3 is 2.85 bits per heavy atom. The first-order chi connectivity index (χ1) is 9.74. The Kier molecular flexibility index (Phi) is 5.89. The number of aryl methyl sites for hydroxylation is 1. The first-order valence-corrected chi connectivity index (χ1v) is 7.20. The molecule has 0 aliphatic heterocycles. The molecule has 0 saturated carbocycles. The molecule has 2 rings (SSSR count). The standard InChI is InChI=1S/C15H20ClN3O/c1-13(20-15-5-3-14(16)4-6-15)11-17-7-2-9-19-10-8-18-12-19/h3-6,8,10,12-13,17H,2,7,9,11H2,1H3. The van der Waals surface area contributed by atoms with Gasteiger partial charge in [-0.25, -0.2) is 4.98 Å². The number of rotatable bonds is 8. The highest BCUT2D eigenvalue weighted by atomic mass is 35.5. The largest absolute Gasteiger partial charge is 0.489 e. The second-order valence-corrected chi connectivity index (χ2v) is 5.18. The molecule has 4 nitrogen and oxygen atoms in total.